The van der Waals surface area contributed by atoms with Crippen LogP contribution < -0.4 is 9.47 Å². The molecule has 20 heavy (non-hydrogen) atoms. The highest BCUT2D eigenvalue weighted by atomic mass is 19.1. The van der Waals surface area contributed by atoms with Crippen molar-refractivity contribution in [2.24, 2.45) is 5.92 Å². The van der Waals surface area contributed by atoms with Crippen LogP contribution in [0.5, 0.6) is 11.5 Å². The number of rotatable bonds is 5. The first-order valence-corrected chi connectivity index (χ1v) is 6.89. The van der Waals surface area contributed by atoms with Crippen molar-refractivity contribution in [2.75, 3.05) is 13.2 Å². The summed E-state index contributed by atoms with van der Waals surface area (Å²) in [5.74, 6) is 0.548. The molecule has 1 aromatic rings. The maximum absolute atomic E-state index is 13.0. The number of aliphatic carboxylic acids is 1. The van der Waals surface area contributed by atoms with Gasteiger partial charge in [-0.05, 0) is 36.5 Å². The van der Waals surface area contributed by atoms with Crippen LogP contribution in [-0.4, -0.2) is 24.3 Å². The van der Waals surface area contributed by atoms with Crippen molar-refractivity contribution in [3.8, 4) is 11.5 Å². The zero-order chi connectivity index (χ0) is 14.1. The number of ether oxygens (including phenoxy) is 2. The van der Waals surface area contributed by atoms with E-state index in [9.17, 15) is 9.18 Å². The van der Waals surface area contributed by atoms with Crippen molar-refractivity contribution in [2.45, 2.75) is 31.9 Å². The van der Waals surface area contributed by atoms with Crippen molar-refractivity contribution in [1.29, 1.82) is 0 Å². The van der Waals surface area contributed by atoms with Crippen molar-refractivity contribution in [3.05, 3.63) is 23.3 Å². The number of halogens is 1. The molecule has 4 nitrogen and oxygen atoms in total. The van der Waals surface area contributed by atoms with Crippen LogP contribution in [0, 0.1) is 5.92 Å². The van der Waals surface area contributed by atoms with Crippen LogP contribution in [0.25, 0.3) is 0 Å². The molecule has 0 spiro atoms. The van der Waals surface area contributed by atoms with E-state index in [1.54, 1.807) is 12.1 Å². The first-order valence-electron chi connectivity index (χ1n) is 6.89. The molecule has 1 heterocycles. The van der Waals surface area contributed by atoms with Crippen LogP contribution in [0.4, 0.5) is 4.39 Å². The van der Waals surface area contributed by atoms with E-state index in [4.69, 9.17) is 14.6 Å². The minimum atomic E-state index is -0.835. The van der Waals surface area contributed by atoms with Gasteiger partial charge in [-0.3, -0.25) is 4.79 Å². The van der Waals surface area contributed by atoms with Crippen LogP contribution in [-0.2, 0) is 11.5 Å². The monoisotopic (exact) mass is 280 g/mol. The van der Waals surface area contributed by atoms with Crippen LogP contribution in [0.1, 0.15) is 36.3 Å². The van der Waals surface area contributed by atoms with Gasteiger partial charge in [0.15, 0.2) is 11.5 Å². The number of hydrogen-bond acceptors (Lipinski definition) is 3. The number of carboxylic acid groups (broad SMARTS) is 1. The Kier molecular flexibility index (Phi) is 3.51. The first-order chi connectivity index (χ1) is 9.69. The van der Waals surface area contributed by atoms with E-state index in [-0.39, 0.29) is 12.3 Å². The van der Waals surface area contributed by atoms with Crippen LogP contribution in [0.2, 0.25) is 0 Å². The second kappa shape index (κ2) is 5.31. The first kappa shape index (κ1) is 13.2. The van der Waals surface area contributed by atoms with Gasteiger partial charge < -0.3 is 14.6 Å². The minimum absolute atomic E-state index is 0.0518. The predicted octanol–water partition coefficient (Wildman–Crippen LogP) is 2.90. The summed E-state index contributed by atoms with van der Waals surface area (Å²) in [6.45, 7) is 0.294. The maximum atomic E-state index is 13.0. The van der Waals surface area contributed by atoms with Gasteiger partial charge in [-0.15, -0.1) is 0 Å². The van der Waals surface area contributed by atoms with Gasteiger partial charge in [0.05, 0.1) is 6.42 Å². The maximum Gasteiger partial charge on any atom is 0.303 e. The highest BCUT2D eigenvalue weighted by Gasteiger charge is 2.36. The largest absolute Gasteiger partial charge is 0.486 e. The molecular weight excluding hydrogens is 263 g/mol. The summed E-state index contributed by atoms with van der Waals surface area (Å²) in [6.07, 6.45) is 2.09. The summed E-state index contributed by atoms with van der Waals surface area (Å²) in [6, 6.07) is 3.38. The van der Waals surface area contributed by atoms with E-state index >= 15 is 0 Å². The summed E-state index contributed by atoms with van der Waals surface area (Å²) in [5, 5.41) is 9.11. The fraction of sp³-hybridized carbons (Fsp3) is 0.533. The third-order valence-corrected chi connectivity index (χ3v) is 3.87. The molecule has 0 radical (unpaired) electrons. The SMILES string of the molecule is O=C(O)CC(c1cc(CF)cc2c1OCCO2)C1CC1. The quantitative estimate of drug-likeness (QED) is 0.901. The summed E-state index contributed by atoms with van der Waals surface area (Å²) in [7, 11) is 0. The van der Waals surface area contributed by atoms with Gasteiger partial charge in [0.25, 0.3) is 0 Å². The summed E-state index contributed by atoms with van der Waals surface area (Å²) in [5.41, 5.74) is 1.31. The van der Waals surface area contributed by atoms with E-state index in [1.165, 1.54) is 0 Å². The average molecular weight is 280 g/mol. The normalized spacial score (nSPS) is 18.6. The van der Waals surface area contributed by atoms with Crippen molar-refractivity contribution in [1.82, 2.24) is 0 Å². The lowest BCUT2D eigenvalue weighted by molar-refractivity contribution is -0.137. The zero-order valence-corrected chi connectivity index (χ0v) is 11.1. The number of carbonyl (C=O) groups is 1. The highest BCUT2D eigenvalue weighted by Crippen LogP contribution is 2.50. The van der Waals surface area contributed by atoms with Crippen molar-refractivity contribution >= 4 is 5.97 Å². The Balaban J connectivity index is 2.02. The van der Waals surface area contributed by atoms with Crippen molar-refractivity contribution in [3.63, 3.8) is 0 Å². The number of carboxylic acids is 1. The molecule has 1 saturated carbocycles. The third-order valence-electron chi connectivity index (χ3n) is 3.87. The molecule has 1 aliphatic heterocycles. The molecule has 108 valence electrons. The average Bonchev–Trinajstić information content (AvgIpc) is 3.28. The molecule has 1 aliphatic carbocycles. The minimum Gasteiger partial charge on any atom is -0.486 e. The van der Waals surface area contributed by atoms with Gasteiger partial charge in [0.2, 0.25) is 0 Å². The Morgan fingerprint density at radius 3 is 2.75 bits per heavy atom. The highest BCUT2D eigenvalue weighted by molar-refractivity contribution is 5.69. The van der Waals surface area contributed by atoms with E-state index < -0.39 is 12.6 Å². The molecule has 1 fully saturated rings. The lowest BCUT2D eigenvalue weighted by Gasteiger charge is -2.25. The summed E-state index contributed by atoms with van der Waals surface area (Å²) < 4.78 is 24.2. The van der Waals surface area contributed by atoms with Gasteiger partial charge >= 0.3 is 5.97 Å². The van der Waals surface area contributed by atoms with E-state index in [0.717, 1.165) is 18.4 Å². The van der Waals surface area contributed by atoms with Crippen LogP contribution >= 0.6 is 0 Å². The van der Waals surface area contributed by atoms with E-state index in [2.05, 4.69) is 0 Å². The number of fused-ring (bicyclic) bond motifs is 1. The second-order valence-corrected chi connectivity index (χ2v) is 5.38. The molecule has 3 rings (SSSR count). The molecule has 0 bridgehead atoms. The smallest absolute Gasteiger partial charge is 0.303 e. The Morgan fingerprint density at radius 1 is 1.35 bits per heavy atom. The molecule has 0 amide bonds. The number of hydrogen-bond donors (Lipinski definition) is 1. The van der Waals surface area contributed by atoms with Gasteiger partial charge in [-0.25, -0.2) is 4.39 Å². The molecular formula is C15H17FO4. The molecule has 0 saturated heterocycles. The Bertz CT molecular complexity index is 525. The Morgan fingerprint density at radius 2 is 2.10 bits per heavy atom. The Hall–Kier alpha value is -1.78. The van der Waals surface area contributed by atoms with Crippen molar-refractivity contribution < 1.29 is 23.8 Å². The molecule has 1 aromatic carbocycles. The zero-order valence-electron chi connectivity index (χ0n) is 11.1. The molecule has 1 N–H and O–H groups in total. The number of alkyl halides is 1. The molecule has 2 aliphatic rings. The van der Waals surface area contributed by atoms with E-state index in [0.29, 0.717) is 36.2 Å². The van der Waals surface area contributed by atoms with Crippen LogP contribution in [0.3, 0.4) is 0 Å². The van der Waals surface area contributed by atoms with Gasteiger partial charge in [-0.1, -0.05) is 0 Å². The third kappa shape index (κ3) is 2.57. The number of benzene rings is 1. The van der Waals surface area contributed by atoms with Gasteiger partial charge in [0, 0.05) is 11.5 Å². The topological polar surface area (TPSA) is 55.8 Å². The fourth-order valence-corrected chi connectivity index (χ4v) is 2.81. The summed E-state index contributed by atoms with van der Waals surface area (Å²) in [4.78, 5) is 11.1. The fourth-order valence-electron chi connectivity index (χ4n) is 2.81. The van der Waals surface area contributed by atoms with Gasteiger partial charge in [0.1, 0.15) is 19.9 Å². The van der Waals surface area contributed by atoms with E-state index in [1.807, 2.05) is 0 Å². The molecule has 5 heteroatoms. The summed E-state index contributed by atoms with van der Waals surface area (Å²) >= 11 is 0. The predicted molar refractivity (Wildman–Crippen MR) is 70.0 cm³/mol. The lowest BCUT2D eigenvalue weighted by atomic mass is 9.88. The van der Waals surface area contributed by atoms with Crippen LogP contribution in [0.15, 0.2) is 12.1 Å². The molecule has 1 atom stereocenters. The second-order valence-electron chi connectivity index (χ2n) is 5.38. The van der Waals surface area contributed by atoms with Gasteiger partial charge in [-0.2, -0.15) is 0 Å². The Labute approximate surface area is 116 Å². The molecule has 1 unspecified atom stereocenters. The molecule has 0 aromatic heterocycles. The lowest BCUT2D eigenvalue weighted by Crippen LogP contribution is -2.19. The standard InChI is InChI=1S/C15H17FO4/c16-8-9-5-12(11(7-14(17)18)10-1-2-10)15-13(6-9)19-3-4-20-15/h5-6,10-11H,1-4,7-8H2,(H,17,18).